The van der Waals surface area contributed by atoms with Gasteiger partial charge in [0, 0.05) is 42.7 Å². The molecule has 0 radical (unpaired) electrons. The minimum Gasteiger partial charge on any atom is -0.457 e. The summed E-state index contributed by atoms with van der Waals surface area (Å²) in [5.74, 6) is 0.603. The van der Waals surface area contributed by atoms with Gasteiger partial charge in [0.05, 0.1) is 5.69 Å². The second-order valence-corrected chi connectivity index (χ2v) is 9.18. The number of ether oxygens (including phenoxy) is 1. The molecule has 3 aromatic rings. The summed E-state index contributed by atoms with van der Waals surface area (Å²) in [5, 5.41) is 11.0. The van der Waals surface area contributed by atoms with E-state index in [0.717, 1.165) is 18.5 Å². The van der Waals surface area contributed by atoms with Crippen molar-refractivity contribution in [3.05, 3.63) is 71.0 Å². The maximum Gasteiger partial charge on any atom is 0.274 e. The second-order valence-electron chi connectivity index (χ2n) is 9.18. The molecule has 3 N–H and O–H groups in total. The zero-order valence-electron chi connectivity index (χ0n) is 19.5. The van der Waals surface area contributed by atoms with E-state index in [2.05, 4.69) is 15.6 Å². The molecule has 1 aromatic heterocycles. The highest BCUT2D eigenvalue weighted by Gasteiger charge is 2.55. The number of primary amides is 1. The molecule has 2 heterocycles. The van der Waals surface area contributed by atoms with Crippen LogP contribution in [-0.4, -0.2) is 56.2 Å². The SMILES string of the molecule is Cc1c(C(=O)NC2(C3CN(C(=O)c4ccc(Oc5ccc(C(N)=O)cc5)cc4)C3)CC2)nnn1C. The van der Waals surface area contributed by atoms with E-state index in [4.69, 9.17) is 10.5 Å². The van der Waals surface area contributed by atoms with Crippen LogP contribution in [0.25, 0.3) is 0 Å². The van der Waals surface area contributed by atoms with Gasteiger partial charge in [-0.2, -0.15) is 0 Å². The fraction of sp³-hybridized carbons (Fsp3) is 0.320. The van der Waals surface area contributed by atoms with Crippen molar-refractivity contribution in [1.29, 1.82) is 0 Å². The van der Waals surface area contributed by atoms with Gasteiger partial charge in [0.1, 0.15) is 11.5 Å². The van der Waals surface area contributed by atoms with E-state index in [1.54, 1.807) is 65.2 Å². The Morgan fingerprint density at radius 2 is 1.57 bits per heavy atom. The van der Waals surface area contributed by atoms with Crippen molar-refractivity contribution >= 4 is 17.7 Å². The predicted octanol–water partition coefficient (Wildman–Crippen LogP) is 2.05. The Kier molecular flexibility index (Phi) is 5.50. The molecular formula is C25H26N6O4. The lowest BCUT2D eigenvalue weighted by Crippen LogP contribution is -2.59. The summed E-state index contributed by atoms with van der Waals surface area (Å²) in [6.45, 7) is 3.01. The summed E-state index contributed by atoms with van der Waals surface area (Å²) in [6, 6.07) is 13.5. The summed E-state index contributed by atoms with van der Waals surface area (Å²) in [7, 11) is 1.75. The number of hydrogen-bond donors (Lipinski definition) is 2. The van der Waals surface area contributed by atoms with Gasteiger partial charge in [-0.1, -0.05) is 5.21 Å². The predicted molar refractivity (Wildman–Crippen MR) is 126 cm³/mol. The lowest BCUT2D eigenvalue weighted by Gasteiger charge is -2.44. The van der Waals surface area contributed by atoms with Gasteiger partial charge < -0.3 is 20.7 Å². The highest BCUT2D eigenvalue weighted by molar-refractivity contribution is 5.95. The number of rotatable bonds is 7. The summed E-state index contributed by atoms with van der Waals surface area (Å²) < 4.78 is 7.35. The first kappa shape index (κ1) is 22.6. The zero-order chi connectivity index (χ0) is 24.7. The first-order valence-corrected chi connectivity index (χ1v) is 11.4. The lowest BCUT2D eigenvalue weighted by atomic mass is 9.88. The molecule has 5 rings (SSSR count). The summed E-state index contributed by atoms with van der Waals surface area (Å²) in [4.78, 5) is 38.6. The van der Waals surface area contributed by atoms with Crippen molar-refractivity contribution in [2.75, 3.05) is 13.1 Å². The lowest BCUT2D eigenvalue weighted by molar-refractivity contribution is 0.0383. The number of nitrogens with zero attached hydrogens (tertiary/aromatic N) is 4. The van der Waals surface area contributed by atoms with Crippen LogP contribution >= 0.6 is 0 Å². The zero-order valence-corrected chi connectivity index (χ0v) is 19.5. The number of amides is 3. The number of nitrogens with two attached hydrogens (primary N) is 1. The first-order chi connectivity index (χ1) is 16.8. The summed E-state index contributed by atoms with van der Waals surface area (Å²) >= 11 is 0. The van der Waals surface area contributed by atoms with Crippen LogP contribution in [0.15, 0.2) is 48.5 Å². The van der Waals surface area contributed by atoms with Crippen molar-refractivity contribution in [1.82, 2.24) is 25.2 Å². The molecule has 0 bridgehead atoms. The molecule has 10 nitrogen and oxygen atoms in total. The molecule has 2 fully saturated rings. The molecule has 0 unspecified atom stereocenters. The van der Waals surface area contributed by atoms with Gasteiger partial charge in [0.25, 0.3) is 11.8 Å². The summed E-state index contributed by atoms with van der Waals surface area (Å²) in [6.07, 6.45) is 1.80. The smallest absolute Gasteiger partial charge is 0.274 e. The van der Waals surface area contributed by atoms with Gasteiger partial charge in [-0.25, -0.2) is 0 Å². The molecule has 3 amide bonds. The quantitative estimate of drug-likeness (QED) is 0.539. The third-order valence-electron chi connectivity index (χ3n) is 6.90. The van der Waals surface area contributed by atoms with E-state index < -0.39 is 5.91 Å². The number of benzene rings is 2. The van der Waals surface area contributed by atoms with Crippen molar-refractivity contribution < 1.29 is 19.1 Å². The Bertz CT molecular complexity index is 1290. The molecule has 10 heteroatoms. The van der Waals surface area contributed by atoms with Crippen LogP contribution in [0.4, 0.5) is 0 Å². The molecule has 180 valence electrons. The highest BCUT2D eigenvalue weighted by atomic mass is 16.5. The standard InChI is InChI=1S/C25H26N6O4/c1-15-21(28-29-30(15)2)23(33)27-25(11-12-25)18-13-31(14-18)24(34)17-5-9-20(10-6-17)35-19-7-3-16(4-8-19)22(26)32/h3-10,18H,11-14H2,1-2H3,(H2,26,32)(H,27,33). The third kappa shape index (κ3) is 4.34. The van der Waals surface area contributed by atoms with Gasteiger partial charge in [-0.05, 0) is 68.3 Å². The minimum absolute atomic E-state index is 0.0505. The van der Waals surface area contributed by atoms with Gasteiger partial charge in [0.15, 0.2) is 5.69 Å². The van der Waals surface area contributed by atoms with E-state index >= 15 is 0 Å². The Morgan fingerprint density at radius 3 is 2.06 bits per heavy atom. The van der Waals surface area contributed by atoms with E-state index in [0.29, 0.717) is 41.4 Å². The number of likely N-dealkylation sites (tertiary alicyclic amines) is 1. The van der Waals surface area contributed by atoms with Crippen LogP contribution in [-0.2, 0) is 7.05 Å². The van der Waals surface area contributed by atoms with Crippen molar-refractivity contribution in [2.24, 2.45) is 18.7 Å². The van der Waals surface area contributed by atoms with E-state index in [1.165, 1.54) is 0 Å². The maximum absolute atomic E-state index is 12.9. The minimum atomic E-state index is -0.497. The molecule has 1 aliphatic heterocycles. The molecular weight excluding hydrogens is 448 g/mol. The largest absolute Gasteiger partial charge is 0.457 e. The molecule has 1 saturated heterocycles. The molecule has 1 saturated carbocycles. The van der Waals surface area contributed by atoms with Gasteiger partial charge in [-0.15, -0.1) is 5.10 Å². The maximum atomic E-state index is 12.9. The number of nitrogens with one attached hydrogen (secondary N) is 1. The molecule has 1 aliphatic carbocycles. The molecule has 2 aliphatic rings. The number of aryl methyl sites for hydroxylation is 1. The normalized spacial score (nSPS) is 16.3. The summed E-state index contributed by atoms with van der Waals surface area (Å²) in [5.41, 5.74) is 7.03. The number of carbonyl (C=O) groups is 3. The van der Waals surface area contributed by atoms with Gasteiger partial charge >= 0.3 is 0 Å². The fourth-order valence-electron chi connectivity index (χ4n) is 4.33. The Hall–Kier alpha value is -4.21. The first-order valence-electron chi connectivity index (χ1n) is 11.4. The van der Waals surface area contributed by atoms with Crippen LogP contribution in [0.5, 0.6) is 11.5 Å². The Labute approximate surface area is 202 Å². The Balaban J connectivity index is 1.15. The molecule has 35 heavy (non-hydrogen) atoms. The van der Waals surface area contributed by atoms with Crippen molar-refractivity contribution in [3.8, 4) is 11.5 Å². The van der Waals surface area contributed by atoms with Crippen molar-refractivity contribution in [3.63, 3.8) is 0 Å². The monoisotopic (exact) mass is 474 g/mol. The molecule has 0 atom stereocenters. The average molecular weight is 475 g/mol. The van der Waals surface area contributed by atoms with E-state index in [9.17, 15) is 14.4 Å². The topological polar surface area (TPSA) is 132 Å². The van der Waals surface area contributed by atoms with Crippen molar-refractivity contribution in [2.45, 2.75) is 25.3 Å². The van der Waals surface area contributed by atoms with E-state index in [-0.39, 0.29) is 23.3 Å². The van der Waals surface area contributed by atoms with Gasteiger partial charge in [0.2, 0.25) is 5.91 Å². The van der Waals surface area contributed by atoms with Crippen LogP contribution in [0.3, 0.4) is 0 Å². The number of hydrogen-bond acceptors (Lipinski definition) is 6. The van der Waals surface area contributed by atoms with Crippen LogP contribution in [0, 0.1) is 12.8 Å². The fourth-order valence-corrected chi connectivity index (χ4v) is 4.33. The highest BCUT2D eigenvalue weighted by Crippen LogP contribution is 2.46. The van der Waals surface area contributed by atoms with Crippen LogP contribution in [0.1, 0.15) is 49.7 Å². The number of aromatic nitrogens is 3. The second kappa shape index (κ2) is 8.53. The molecule has 0 spiro atoms. The number of carbonyl (C=O) groups excluding carboxylic acids is 3. The van der Waals surface area contributed by atoms with Crippen LogP contribution < -0.4 is 15.8 Å². The molecule has 2 aromatic carbocycles. The third-order valence-corrected chi connectivity index (χ3v) is 6.90. The average Bonchev–Trinajstić information content (AvgIpc) is 3.49. The van der Waals surface area contributed by atoms with Gasteiger partial charge in [-0.3, -0.25) is 19.1 Å². The van der Waals surface area contributed by atoms with E-state index in [1.807, 2.05) is 6.92 Å². The Morgan fingerprint density at radius 1 is 1.00 bits per heavy atom. The van der Waals surface area contributed by atoms with Crippen LogP contribution in [0.2, 0.25) is 0 Å².